The highest BCUT2D eigenvalue weighted by atomic mass is 79.9. The zero-order chi connectivity index (χ0) is 23.0. The molecule has 1 N–H and O–H groups in total. The van der Waals surface area contributed by atoms with E-state index in [9.17, 15) is 21.6 Å². The number of hydrogen-bond donors (Lipinski definition) is 1. The van der Waals surface area contributed by atoms with E-state index in [0.29, 0.717) is 23.0 Å². The van der Waals surface area contributed by atoms with Crippen LogP contribution in [-0.4, -0.2) is 28.5 Å². The summed E-state index contributed by atoms with van der Waals surface area (Å²) in [5.41, 5.74) is -2.57. The summed E-state index contributed by atoms with van der Waals surface area (Å²) in [6, 6.07) is 8.11. The second kappa shape index (κ2) is 8.62. The Morgan fingerprint density at radius 2 is 1.87 bits per heavy atom. The summed E-state index contributed by atoms with van der Waals surface area (Å²) in [7, 11) is -3.67. The number of halogens is 4. The summed E-state index contributed by atoms with van der Waals surface area (Å²) in [5, 5.41) is 0. The van der Waals surface area contributed by atoms with E-state index in [1.807, 2.05) is 23.7 Å². The molecule has 3 rings (SSSR count). The number of aromatic nitrogens is 3. The second-order valence-electron chi connectivity index (χ2n) is 7.44. The van der Waals surface area contributed by atoms with Crippen LogP contribution in [0.15, 0.2) is 47.2 Å². The molecule has 0 fully saturated rings. The number of anilines is 1. The molecule has 0 aliphatic carbocycles. The smallest absolute Gasteiger partial charge is 0.333 e. The summed E-state index contributed by atoms with van der Waals surface area (Å²) in [4.78, 5) is 9.04. The molecule has 0 unspecified atom stereocenters. The average molecular weight is 517 g/mol. The van der Waals surface area contributed by atoms with Crippen molar-refractivity contribution in [2.45, 2.75) is 25.8 Å². The van der Waals surface area contributed by atoms with Gasteiger partial charge in [0.05, 0.1) is 11.4 Å². The average Bonchev–Trinajstić information content (AvgIpc) is 3.04. The van der Waals surface area contributed by atoms with Gasteiger partial charge in [-0.1, -0.05) is 19.9 Å². The van der Waals surface area contributed by atoms with Gasteiger partial charge in [-0.2, -0.15) is 21.6 Å². The van der Waals surface area contributed by atoms with Crippen LogP contribution in [-0.2, 0) is 23.5 Å². The fourth-order valence-electron chi connectivity index (χ4n) is 2.98. The number of hydrogen-bond acceptors (Lipinski definition) is 4. The van der Waals surface area contributed by atoms with Crippen molar-refractivity contribution in [1.29, 1.82) is 0 Å². The lowest BCUT2D eigenvalue weighted by Crippen LogP contribution is -2.30. The van der Waals surface area contributed by atoms with E-state index in [1.54, 1.807) is 12.4 Å². The molecule has 1 aromatic carbocycles. The van der Waals surface area contributed by atoms with Crippen LogP contribution in [0.3, 0.4) is 0 Å². The molecule has 0 amide bonds. The van der Waals surface area contributed by atoms with Crippen LogP contribution < -0.4 is 4.72 Å². The number of alkyl halides is 3. The summed E-state index contributed by atoms with van der Waals surface area (Å²) < 4.78 is 64.1. The maximum atomic E-state index is 12.6. The Balaban J connectivity index is 1.91. The van der Waals surface area contributed by atoms with Crippen molar-refractivity contribution in [2.75, 3.05) is 4.72 Å². The van der Waals surface area contributed by atoms with E-state index in [1.165, 1.54) is 22.9 Å². The molecule has 0 bridgehead atoms. The van der Waals surface area contributed by atoms with Gasteiger partial charge in [0.1, 0.15) is 5.82 Å². The lowest BCUT2D eigenvalue weighted by molar-refractivity contribution is -0.0429. The fraction of sp³-hybridized carbons (Fsp3) is 0.300. The number of sulfonamides is 1. The highest BCUT2D eigenvalue weighted by Crippen LogP contribution is 2.33. The highest BCUT2D eigenvalue weighted by Gasteiger charge is 2.46. The molecule has 6 nitrogen and oxygen atoms in total. The number of pyridine rings is 1. The van der Waals surface area contributed by atoms with Gasteiger partial charge in [0.15, 0.2) is 0 Å². The zero-order valence-corrected chi connectivity index (χ0v) is 19.3. The fourth-order valence-corrected chi connectivity index (χ4v) is 4.17. The topological polar surface area (TPSA) is 76.9 Å². The lowest BCUT2D eigenvalue weighted by Gasteiger charge is -2.12. The van der Waals surface area contributed by atoms with E-state index in [2.05, 4.69) is 39.7 Å². The number of benzene rings is 1. The van der Waals surface area contributed by atoms with Crippen LogP contribution in [0.2, 0.25) is 0 Å². The van der Waals surface area contributed by atoms with Gasteiger partial charge in [0.2, 0.25) is 0 Å². The van der Waals surface area contributed by atoms with E-state index in [4.69, 9.17) is 0 Å². The zero-order valence-electron chi connectivity index (χ0n) is 16.9. The Bertz CT molecular complexity index is 1210. The minimum absolute atomic E-state index is 0.160. The van der Waals surface area contributed by atoms with Crippen LogP contribution in [0.5, 0.6) is 0 Å². The minimum Gasteiger partial charge on any atom is -0.333 e. The Labute approximate surface area is 186 Å². The summed E-state index contributed by atoms with van der Waals surface area (Å²) >= 11 is 3.13. The van der Waals surface area contributed by atoms with Crippen LogP contribution in [0, 0.1) is 5.92 Å². The molecule has 0 radical (unpaired) electrons. The maximum absolute atomic E-state index is 12.6. The molecular formula is C20H20BrF3N4O2S. The summed E-state index contributed by atoms with van der Waals surface area (Å²) in [5.74, 6) is 1.17. The Morgan fingerprint density at radius 1 is 1.16 bits per heavy atom. The van der Waals surface area contributed by atoms with Gasteiger partial charge in [-0.05, 0) is 52.5 Å². The molecule has 0 atom stereocenters. The minimum atomic E-state index is -5.51. The third kappa shape index (κ3) is 5.27. The predicted octanol–water partition coefficient (Wildman–Crippen LogP) is 5.37. The second-order valence-corrected chi connectivity index (χ2v) is 9.97. The Morgan fingerprint density at radius 3 is 2.48 bits per heavy atom. The monoisotopic (exact) mass is 516 g/mol. The number of nitrogens with one attached hydrogen (secondary N) is 1. The molecule has 0 aliphatic rings. The van der Waals surface area contributed by atoms with E-state index >= 15 is 0 Å². The largest absolute Gasteiger partial charge is 0.516 e. The molecule has 166 valence electrons. The van der Waals surface area contributed by atoms with Crippen LogP contribution in [0.1, 0.15) is 19.5 Å². The highest BCUT2D eigenvalue weighted by molar-refractivity contribution is 9.10. The third-order valence-corrected chi connectivity index (χ3v) is 6.14. The first-order valence-corrected chi connectivity index (χ1v) is 11.5. The van der Waals surface area contributed by atoms with Gasteiger partial charge >= 0.3 is 15.5 Å². The Kier molecular flexibility index (Phi) is 6.47. The molecule has 0 saturated carbocycles. The molecule has 2 heterocycles. The van der Waals surface area contributed by atoms with Crippen LogP contribution >= 0.6 is 15.9 Å². The number of aryl methyl sites for hydroxylation is 1. The van der Waals surface area contributed by atoms with Gasteiger partial charge in [-0.25, -0.2) is 4.98 Å². The number of nitrogens with zero attached hydrogens (tertiary/aromatic N) is 3. The lowest BCUT2D eigenvalue weighted by atomic mass is 10.1. The van der Waals surface area contributed by atoms with Crippen LogP contribution in [0.25, 0.3) is 22.6 Å². The first kappa shape index (κ1) is 23.3. The van der Waals surface area contributed by atoms with Crippen molar-refractivity contribution in [1.82, 2.24) is 14.5 Å². The number of rotatable bonds is 6. The summed E-state index contributed by atoms with van der Waals surface area (Å²) in [6.07, 6.45) is 4.37. The van der Waals surface area contributed by atoms with E-state index in [0.717, 1.165) is 17.7 Å². The van der Waals surface area contributed by atoms with Gasteiger partial charge < -0.3 is 4.57 Å². The quantitative estimate of drug-likeness (QED) is 0.477. The van der Waals surface area contributed by atoms with Crippen molar-refractivity contribution in [3.8, 4) is 22.6 Å². The molecule has 0 saturated heterocycles. The van der Waals surface area contributed by atoms with Crippen molar-refractivity contribution < 1.29 is 21.6 Å². The van der Waals surface area contributed by atoms with Crippen LogP contribution in [0.4, 0.5) is 18.9 Å². The molecular weight excluding hydrogens is 497 g/mol. The molecule has 31 heavy (non-hydrogen) atoms. The molecule has 11 heteroatoms. The van der Waals surface area contributed by atoms with E-state index in [-0.39, 0.29) is 10.2 Å². The third-order valence-electron chi connectivity index (χ3n) is 4.38. The van der Waals surface area contributed by atoms with Gasteiger partial charge in [-0.15, -0.1) is 0 Å². The molecule has 3 aromatic rings. The van der Waals surface area contributed by atoms with Crippen molar-refractivity contribution in [2.24, 2.45) is 13.0 Å². The predicted molar refractivity (Wildman–Crippen MR) is 117 cm³/mol. The normalized spacial score (nSPS) is 12.4. The number of imidazole rings is 1. The van der Waals surface area contributed by atoms with Gasteiger partial charge in [-0.3, -0.25) is 9.71 Å². The summed E-state index contributed by atoms with van der Waals surface area (Å²) in [6.45, 7) is 4.23. The SMILES string of the molecule is CC(C)Cc1cc(-c2nc(-c3ccc(NS(=O)(=O)C(F)(F)F)c(Br)c3)cn2C)ccn1. The van der Waals surface area contributed by atoms with E-state index < -0.39 is 15.5 Å². The molecule has 2 aromatic heterocycles. The maximum Gasteiger partial charge on any atom is 0.516 e. The molecule has 0 spiro atoms. The van der Waals surface area contributed by atoms with Crippen molar-refractivity contribution in [3.63, 3.8) is 0 Å². The van der Waals surface area contributed by atoms with Crippen molar-refractivity contribution >= 4 is 31.6 Å². The van der Waals surface area contributed by atoms with Gasteiger partial charge in [0, 0.05) is 40.7 Å². The van der Waals surface area contributed by atoms with Gasteiger partial charge in [0.25, 0.3) is 0 Å². The van der Waals surface area contributed by atoms with Crippen molar-refractivity contribution in [3.05, 3.63) is 52.9 Å². The first-order chi connectivity index (χ1) is 14.4. The Hall–Kier alpha value is -2.40. The standard InChI is InChI=1S/C20H20BrF3N4O2S/c1-12(2)8-15-9-14(6-7-25-15)19-26-18(11-28(19)3)13-4-5-17(16(21)10-13)27-31(29,30)20(22,23)24/h4-7,9-12,27H,8H2,1-3H3. The molecule has 0 aliphatic heterocycles. The first-order valence-electron chi connectivity index (χ1n) is 9.25.